The molecular formula is C18H19Cl2N3O4. The molecule has 3 rings (SSSR count). The zero-order valence-electron chi connectivity index (χ0n) is 14.9. The summed E-state index contributed by atoms with van der Waals surface area (Å²) in [4.78, 5) is 52.6. The molecule has 1 fully saturated rings. The maximum absolute atomic E-state index is 12.8. The van der Waals surface area contributed by atoms with Crippen LogP contribution in [-0.4, -0.2) is 75.4 Å². The first kappa shape index (κ1) is 19.6. The Balaban J connectivity index is 1.74. The van der Waals surface area contributed by atoms with Crippen molar-refractivity contribution in [3.8, 4) is 0 Å². The van der Waals surface area contributed by atoms with Gasteiger partial charge in [0.05, 0.1) is 11.1 Å². The van der Waals surface area contributed by atoms with Gasteiger partial charge >= 0.3 is 0 Å². The highest BCUT2D eigenvalue weighted by molar-refractivity contribution is 6.53. The van der Waals surface area contributed by atoms with E-state index < -0.39 is 4.84 Å². The van der Waals surface area contributed by atoms with E-state index in [0.717, 1.165) is 0 Å². The van der Waals surface area contributed by atoms with Gasteiger partial charge in [-0.05, 0) is 32.0 Å². The maximum Gasteiger partial charge on any atom is 0.261 e. The van der Waals surface area contributed by atoms with E-state index in [2.05, 4.69) is 0 Å². The average molecular weight is 412 g/mol. The largest absolute Gasteiger partial charge is 0.337 e. The van der Waals surface area contributed by atoms with Crippen molar-refractivity contribution in [1.29, 1.82) is 0 Å². The number of rotatable bonds is 3. The number of amides is 4. The van der Waals surface area contributed by atoms with Crippen molar-refractivity contribution in [3.63, 3.8) is 0 Å². The van der Waals surface area contributed by atoms with Gasteiger partial charge in [0.15, 0.2) is 4.84 Å². The Morgan fingerprint density at radius 2 is 1.48 bits per heavy atom. The number of benzene rings is 1. The summed E-state index contributed by atoms with van der Waals surface area (Å²) >= 11 is 11.2. The van der Waals surface area contributed by atoms with Gasteiger partial charge in [-0.1, -0.05) is 23.2 Å². The molecule has 2 heterocycles. The minimum Gasteiger partial charge on any atom is -0.337 e. The van der Waals surface area contributed by atoms with Crippen LogP contribution in [0.25, 0.3) is 0 Å². The first-order valence-corrected chi connectivity index (χ1v) is 9.47. The van der Waals surface area contributed by atoms with E-state index in [1.807, 2.05) is 0 Å². The number of halogens is 2. The summed E-state index contributed by atoms with van der Waals surface area (Å²) in [5.41, 5.74) is 0.907. The van der Waals surface area contributed by atoms with Crippen LogP contribution in [0.5, 0.6) is 0 Å². The maximum atomic E-state index is 12.8. The molecule has 4 amide bonds. The van der Waals surface area contributed by atoms with Crippen molar-refractivity contribution in [2.45, 2.75) is 24.7 Å². The Kier molecular flexibility index (Phi) is 5.44. The molecule has 144 valence electrons. The summed E-state index contributed by atoms with van der Waals surface area (Å²) in [5.74, 6) is -1.35. The summed E-state index contributed by atoms with van der Waals surface area (Å²) in [5, 5.41) is 0. The van der Waals surface area contributed by atoms with Crippen LogP contribution in [0.3, 0.4) is 0 Å². The van der Waals surface area contributed by atoms with E-state index in [1.165, 1.54) is 21.9 Å². The Bertz CT molecular complexity index is 817. The summed E-state index contributed by atoms with van der Waals surface area (Å²) < 4.78 is 0. The second kappa shape index (κ2) is 7.48. The van der Waals surface area contributed by atoms with Crippen LogP contribution in [-0.2, 0) is 4.79 Å². The van der Waals surface area contributed by atoms with Gasteiger partial charge in [0, 0.05) is 37.8 Å². The van der Waals surface area contributed by atoms with Gasteiger partial charge in [-0.2, -0.15) is 0 Å². The molecule has 0 aliphatic carbocycles. The highest BCUT2D eigenvalue weighted by Gasteiger charge is 2.38. The van der Waals surface area contributed by atoms with Crippen molar-refractivity contribution < 1.29 is 19.2 Å². The smallest absolute Gasteiger partial charge is 0.261 e. The van der Waals surface area contributed by atoms with E-state index in [-0.39, 0.29) is 35.2 Å². The highest BCUT2D eigenvalue weighted by atomic mass is 35.5. The number of hydrogen-bond donors (Lipinski definition) is 0. The fraction of sp³-hybridized carbons (Fsp3) is 0.444. The van der Waals surface area contributed by atoms with Gasteiger partial charge in [-0.3, -0.25) is 24.1 Å². The molecule has 0 bridgehead atoms. The number of carbonyl (C=O) groups excluding carboxylic acids is 4. The van der Waals surface area contributed by atoms with Gasteiger partial charge in [-0.15, -0.1) is 0 Å². The summed E-state index contributed by atoms with van der Waals surface area (Å²) in [6, 6.07) is 4.30. The Morgan fingerprint density at radius 3 is 2.04 bits per heavy atom. The van der Waals surface area contributed by atoms with E-state index in [4.69, 9.17) is 23.2 Å². The molecule has 27 heavy (non-hydrogen) atoms. The second-order valence-electron chi connectivity index (χ2n) is 6.75. The molecule has 1 aromatic rings. The van der Waals surface area contributed by atoms with Crippen molar-refractivity contribution >= 4 is 46.8 Å². The topological polar surface area (TPSA) is 78.0 Å². The van der Waals surface area contributed by atoms with Crippen LogP contribution in [0.2, 0.25) is 0 Å². The molecule has 0 spiro atoms. The molecule has 0 unspecified atom stereocenters. The number of fused-ring (bicyclic) bond motifs is 1. The molecule has 1 saturated heterocycles. The zero-order valence-corrected chi connectivity index (χ0v) is 16.5. The number of nitrogens with zero attached hydrogens (tertiary/aromatic N) is 3. The number of piperazine rings is 1. The summed E-state index contributed by atoms with van der Waals surface area (Å²) in [7, 11) is 0. The van der Waals surface area contributed by atoms with E-state index in [1.54, 1.807) is 24.8 Å². The lowest BCUT2D eigenvalue weighted by molar-refractivity contribution is -0.130. The van der Waals surface area contributed by atoms with Crippen LogP contribution in [0, 0.1) is 0 Å². The van der Waals surface area contributed by atoms with Gasteiger partial charge in [-0.25, -0.2) is 0 Å². The fourth-order valence-electron chi connectivity index (χ4n) is 3.31. The molecular weight excluding hydrogens is 393 g/mol. The van der Waals surface area contributed by atoms with Crippen molar-refractivity contribution in [1.82, 2.24) is 14.7 Å². The van der Waals surface area contributed by atoms with Crippen LogP contribution < -0.4 is 0 Å². The standard InChI is InChI=1S/C18H19Cl2N3O4/c1-10(2)23-16(25)12-4-3-11(9-13(12)17(23)26)15(24)21-5-7-22(8-6-21)18(27)14(19)20/h3-4,9-10,14H,5-8H2,1-2H3. The van der Waals surface area contributed by atoms with Crippen LogP contribution in [0.1, 0.15) is 44.9 Å². The fourth-order valence-corrected chi connectivity index (χ4v) is 3.59. The van der Waals surface area contributed by atoms with Crippen LogP contribution in [0.15, 0.2) is 18.2 Å². The number of carbonyl (C=O) groups is 4. The third-order valence-electron chi connectivity index (χ3n) is 4.75. The molecule has 0 saturated carbocycles. The Labute approximate surface area is 166 Å². The molecule has 1 aromatic carbocycles. The molecule has 0 radical (unpaired) electrons. The molecule has 0 aromatic heterocycles. The third-order valence-corrected chi connectivity index (χ3v) is 5.12. The molecule has 7 nitrogen and oxygen atoms in total. The summed E-state index contributed by atoms with van der Waals surface area (Å²) in [6.07, 6.45) is 0. The molecule has 2 aliphatic heterocycles. The summed E-state index contributed by atoms with van der Waals surface area (Å²) in [6.45, 7) is 4.88. The lowest BCUT2D eigenvalue weighted by atomic mass is 10.0. The average Bonchev–Trinajstić information content (AvgIpc) is 2.90. The van der Waals surface area contributed by atoms with E-state index in [0.29, 0.717) is 37.3 Å². The van der Waals surface area contributed by atoms with Gasteiger partial charge in [0.1, 0.15) is 0 Å². The SMILES string of the molecule is CC(C)N1C(=O)c2ccc(C(=O)N3CCN(C(=O)C(Cl)Cl)CC3)cc2C1=O. The van der Waals surface area contributed by atoms with Crippen LogP contribution >= 0.6 is 23.2 Å². The molecule has 2 aliphatic rings. The van der Waals surface area contributed by atoms with E-state index >= 15 is 0 Å². The first-order chi connectivity index (χ1) is 12.7. The van der Waals surface area contributed by atoms with Crippen LogP contribution in [0.4, 0.5) is 0 Å². The molecule has 0 atom stereocenters. The number of hydrogen-bond acceptors (Lipinski definition) is 4. The molecule has 9 heteroatoms. The van der Waals surface area contributed by atoms with E-state index in [9.17, 15) is 19.2 Å². The first-order valence-electron chi connectivity index (χ1n) is 8.60. The third kappa shape index (κ3) is 3.53. The lowest BCUT2D eigenvalue weighted by Gasteiger charge is -2.35. The Hall–Kier alpha value is -2.12. The van der Waals surface area contributed by atoms with Gasteiger partial charge in [0.25, 0.3) is 23.6 Å². The van der Waals surface area contributed by atoms with Gasteiger partial charge in [0.2, 0.25) is 0 Å². The zero-order chi connectivity index (χ0) is 19.9. The second-order valence-corrected chi connectivity index (χ2v) is 7.85. The van der Waals surface area contributed by atoms with Crippen molar-refractivity contribution in [2.24, 2.45) is 0 Å². The number of alkyl halides is 2. The Morgan fingerprint density at radius 1 is 0.926 bits per heavy atom. The minimum absolute atomic E-state index is 0.249. The monoisotopic (exact) mass is 411 g/mol. The highest BCUT2D eigenvalue weighted by Crippen LogP contribution is 2.26. The quantitative estimate of drug-likeness (QED) is 0.560. The normalized spacial score (nSPS) is 17.2. The predicted molar refractivity (Wildman–Crippen MR) is 100 cm³/mol. The predicted octanol–water partition coefficient (Wildman–Crippen LogP) is 1.78. The molecule has 0 N–H and O–H groups in total. The number of imide groups is 1. The van der Waals surface area contributed by atoms with Gasteiger partial charge < -0.3 is 9.80 Å². The minimum atomic E-state index is -1.11. The lowest BCUT2D eigenvalue weighted by Crippen LogP contribution is -2.51. The van der Waals surface area contributed by atoms with Crippen molar-refractivity contribution in [2.75, 3.05) is 26.2 Å². The van der Waals surface area contributed by atoms with Crippen molar-refractivity contribution in [3.05, 3.63) is 34.9 Å².